The van der Waals surface area contributed by atoms with Crippen LogP contribution in [0.4, 0.5) is 8.78 Å². The van der Waals surface area contributed by atoms with E-state index in [4.69, 9.17) is 0 Å². The molecule has 2 aliphatic rings. The Morgan fingerprint density at radius 1 is 1.11 bits per heavy atom. The van der Waals surface area contributed by atoms with Crippen molar-refractivity contribution in [1.82, 2.24) is 9.80 Å². The number of hydrogen-bond acceptors (Lipinski definition) is 2. The highest BCUT2D eigenvalue weighted by molar-refractivity contribution is 5.80. The standard InChI is InChI=1S/C22H24F2N2O/c1-25-12-4-7-20-22(25)18(15-8-10-17(23)11-9-15)14-26(20)21(27)13-16-5-2-3-6-19(16)24/h2-3,5-6,8-11,18,20,22H,4,7,12-14H2,1H3/t18-,20-,22-/m1/s1. The van der Waals surface area contributed by atoms with Crippen molar-refractivity contribution >= 4 is 5.91 Å². The summed E-state index contributed by atoms with van der Waals surface area (Å²) in [6, 6.07) is 13.4. The molecule has 2 aromatic carbocycles. The first-order chi connectivity index (χ1) is 13.0. The summed E-state index contributed by atoms with van der Waals surface area (Å²) in [6.07, 6.45) is 2.07. The maximum Gasteiger partial charge on any atom is 0.227 e. The fourth-order valence-electron chi connectivity index (χ4n) is 4.74. The number of piperidine rings is 1. The van der Waals surface area contributed by atoms with Crippen LogP contribution in [0.25, 0.3) is 0 Å². The molecule has 1 amide bonds. The van der Waals surface area contributed by atoms with Crippen molar-refractivity contribution in [3.63, 3.8) is 0 Å². The number of halogens is 2. The highest BCUT2D eigenvalue weighted by Crippen LogP contribution is 2.39. The second kappa shape index (κ2) is 7.39. The Balaban J connectivity index is 1.60. The molecule has 0 spiro atoms. The fraction of sp³-hybridized carbons (Fsp3) is 0.409. The maximum absolute atomic E-state index is 14.0. The Kier molecular flexibility index (Phi) is 4.96. The van der Waals surface area contributed by atoms with Gasteiger partial charge in [0.05, 0.1) is 6.42 Å². The van der Waals surface area contributed by atoms with Gasteiger partial charge in [-0.1, -0.05) is 30.3 Å². The van der Waals surface area contributed by atoms with Gasteiger partial charge in [0.25, 0.3) is 0 Å². The molecule has 0 aromatic heterocycles. The second-order valence-corrected chi connectivity index (χ2v) is 7.65. The highest BCUT2D eigenvalue weighted by Gasteiger charge is 2.47. The topological polar surface area (TPSA) is 23.6 Å². The third-order valence-corrected chi connectivity index (χ3v) is 6.04. The molecule has 0 bridgehead atoms. The van der Waals surface area contributed by atoms with Gasteiger partial charge in [-0.2, -0.15) is 0 Å². The van der Waals surface area contributed by atoms with Crippen LogP contribution in [0.15, 0.2) is 48.5 Å². The first kappa shape index (κ1) is 18.1. The zero-order valence-electron chi connectivity index (χ0n) is 15.4. The molecule has 5 heteroatoms. The fourth-order valence-corrected chi connectivity index (χ4v) is 4.74. The summed E-state index contributed by atoms with van der Waals surface area (Å²) in [5, 5.41) is 0. The smallest absolute Gasteiger partial charge is 0.227 e. The van der Waals surface area contributed by atoms with Gasteiger partial charge in [-0.15, -0.1) is 0 Å². The SMILES string of the molecule is CN1CCC[C@@H]2[C@H]1[C@@H](c1ccc(F)cc1)CN2C(=O)Cc1ccccc1F. The lowest BCUT2D eigenvalue weighted by Crippen LogP contribution is -2.50. The minimum Gasteiger partial charge on any atom is -0.337 e. The molecule has 0 saturated carbocycles. The van der Waals surface area contributed by atoms with Crippen molar-refractivity contribution in [2.75, 3.05) is 20.1 Å². The van der Waals surface area contributed by atoms with E-state index < -0.39 is 0 Å². The van der Waals surface area contributed by atoms with Gasteiger partial charge in [-0.3, -0.25) is 4.79 Å². The molecule has 0 unspecified atom stereocenters. The van der Waals surface area contributed by atoms with Gasteiger partial charge in [0.2, 0.25) is 5.91 Å². The van der Waals surface area contributed by atoms with Gasteiger partial charge in [0.1, 0.15) is 11.6 Å². The Labute approximate surface area is 158 Å². The first-order valence-electron chi connectivity index (χ1n) is 9.53. The van der Waals surface area contributed by atoms with Crippen LogP contribution in [0.1, 0.15) is 29.9 Å². The van der Waals surface area contributed by atoms with Crippen molar-refractivity contribution < 1.29 is 13.6 Å². The van der Waals surface area contributed by atoms with Gasteiger partial charge in [0, 0.05) is 24.5 Å². The number of benzene rings is 2. The molecule has 3 atom stereocenters. The number of hydrogen-bond donors (Lipinski definition) is 0. The van der Waals surface area contributed by atoms with E-state index in [2.05, 4.69) is 11.9 Å². The lowest BCUT2D eigenvalue weighted by Gasteiger charge is -2.39. The van der Waals surface area contributed by atoms with Gasteiger partial charge in [-0.25, -0.2) is 8.78 Å². The summed E-state index contributed by atoms with van der Waals surface area (Å²) < 4.78 is 27.4. The normalized spacial score (nSPS) is 25.4. The van der Waals surface area contributed by atoms with Crippen molar-refractivity contribution in [3.8, 4) is 0 Å². The lowest BCUT2D eigenvalue weighted by molar-refractivity contribution is -0.132. The Hall–Kier alpha value is -2.27. The van der Waals surface area contributed by atoms with E-state index in [1.54, 1.807) is 18.2 Å². The van der Waals surface area contributed by atoms with E-state index in [0.29, 0.717) is 12.1 Å². The van der Waals surface area contributed by atoms with Crippen LogP contribution in [-0.4, -0.2) is 47.9 Å². The third kappa shape index (κ3) is 3.48. The largest absolute Gasteiger partial charge is 0.337 e. The highest BCUT2D eigenvalue weighted by atomic mass is 19.1. The molecule has 0 radical (unpaired) electrons. The van der Waals surface area contributed by atoms with Crippen LogP contribution >= 0.6 is 0 Å². The van der Waals surface area contributed by atoms with Crippen molar-refractivity contribution in [2.24, 2.45) is 0 Å². The molecule has 2 aliphatic heterocycles. The molecule has 2 heterocycles. The van der Waals surface area contributed by atoms with E-state index in [9.17, 15) is 13.6 Å². The second-order valence-electron chi connectivity index (χ2n) is 7.65. The Morgan fingerprint density at radius 2 is 1.85 bits per heavy atom. The monoisotopic (exact) mass is 370 g/mol. The summed E-state index contributed by atoms with van der Waals surface area (Å²) in [5.41, 5.74) is 1.50. The average Bonchev–Trinajstić information content (AvgIpc) is 3.05. The minimum absolute atomic E-state index is 0.0324. The van der Waals surface area contributed by atoms with E-state index >= 15 is 0 Å². The molecule has 0 N–H and O–H groups in total. The number of nitrogens with zero attached hydrogens (tertiary/aromatic N) is 2. The van der Waals surface area contributed by atoms with Gasteiger partial charge < -0.3 is 9.80 Å². The van der Waals surface area contributed by atoms with E-state index in [-0.39, 0.29) is 42.0 Å². The molecular formula is C22H24F2N2O. The molecule has 2 fully saturated rings. The molecule has 4 rings (SSSR count). The van der Waals surface area contributed by atoms with Crippen molar-refractivity contribution in [1.29, 1.82) is 0 Å². The van der Waals surface area contributed by atoms with E-state index in [1.807, 2.05) is 17.0 Å². The predicted molar refractivity (Wildman–Crippen MR) is 100 cm³/mol. The van der Waals surface area contributed by atoms with Crippen LogP contribution in [0.2, 0.25) is 0 Å². The summed E-state index contributed by atoms with van der Waals surface area (Å²) in [4.78, 5) is 17.3. The number of rotatable bonds is 3. The summed E-state index contributed by atoms with van der Waals surface area (Å²) in [7, 11) is 2.10. The molecule has 0 aliphatic carbocycles. The Bertz CT molecular complexity index is 823. The predicted octanol–water partition coefficient (Wildman–Crippen LogP) is 3.60. The van der Waals surface area contributed by atoms with Gasteiger partial charge in [0.15, 0.2) is 0 Å². The van der Waals surface area contributed by atoms with Crippen LogP contribution in [0.5, 0.6) is 0 Å². The molecule has 27 heavy (non-hydrogen) atoms. The number of carbonyl (C=O) groups is 1. The summed E-state index contributed by atoms with van der Waals surface area (Å²) >= 11 is 0. The maximum atomic E-state index is 14.0. The zero-order chi connectivity index (χ0) is 19.0. The molecule has 2 saturated heterocycles. The number of likely N-dealkylation sites (tertiary alicyclic amines) is 2. The van der Waals surface area contributed by atoms with Gasteiger partial charge >= 0.3 is 0 Å². The van der Waals surface area contributed by atoms with E-state index in [1.165, 1.54) is 18.2 Å². The zero-order valence-corrected chi connectivity index (χ0v) is 15.4. The first-order valence-corrected chi connectivity index (χ1v) is 9.53. The minimum atomic E-state index is -0.336. The van der Waals surface area contributed by atoms with Crippen molar-refractivity contribution in [3.05, 3.63) is 71.3 Å². The van der Waals surface area contributed by atoms with Crippen LogP contribution in [-0.2, 0) is 11.2 Å². The van der Waals surface area contributed by atoms with Crippen LogP contribution in [0.3, 0.4) is 0 Å². The molecular weight excluding hydrogens is 346 g/mol. The Morgan fingerprint density at radius 3 is 2.59 bits per heavy atom. The number of fused-ring (bicyclic) bond motifs is 1. The molecule has 2 aromatic rings. The lowest BCUT2D eigenvalue weighted by atomic mass is 9.86. The average molecular weight is 370 g/mol. The van der Waals surface area contributed by atoms with E-state index in [0.717, 1.165) is 24.9 Å². The van der Waals surface area contributed by atoms with Crippen LogP contribution < -0.4 is 0 Å². The van der Waals surface area contributed by atoms with Crippen LogP contribution in [0, 0.1) is 11.6 Å². The third-order valence-electron chi connectivity index (χ3n) is 6.04. The van der Waals surface area contributed by atoms with Crippen molar-refractivity contribution in [2.45, 2.75) is 37.3 Å². The number of carbonyl (C=O) groups excluding carboxylic acids is 1. The molecule has 142 valence electrons. The quantitative estimate of drug-likeness (QED) is 0.824. The van der Waals surface area contributed by atoms with Gasteiger partial charge in [-0.05, 0) is 55.8 Å². The number of amides is 1. The summed E-state index contributed by atoms with van der Waals surface area (Å²) in [5.74, 6) is -0.476. The molecule has 3 nitrogen and oxygen atoms in total. The number of likely N-dealkylation sites (N-methyl/N-ethyl adjacent to an activating group) is 1. The summed E-state index contributed by atoms with van der Waals surface area (Å²) in [6.45, 7) is 1.59.